The Morgan fingerprint density at radius 3 is 2.55 bits per heavy atom. The standard InChI is InChI=1S/C15H24N4O/c1-9(2)13-8-14(18-17-13)15(20)19(3)12-6-10-4-5-11(7-12)16-10/h8-12,16H,4-7H2,1-3H3,(H,17,18). The van der Waals surface area contributed by atoms with E-state index in [2.05, 4.69) is 29.4 Å². The summed E-state index contributed by atoms with van der Waals surface area (Å²) < 4.78 is 0. The van der Waals surface area contributed by atoms with E-state index in [1.807, 2.05) is 18.0 Å². The summed E-state index contributed by atoms with van der Waals surface area (Å²) in [6, 6.07) is 3.43. The molecule has 1 aromatic rings. The lowest BCUT2D eigenvalue weighted by molar-refractivity contribution is 0.0675. The van der Waals surface area contributed by atoms with Crippen LogP contribution < -0.4 is 5.32 Å². The molecule has 5 heteroatoms. The number of piperidine rings is 1. The number of nitrogens with zero attached hydrogens (tertiary/aromatic N) is 2. The molecule has 1 amide bonds. The predicted molar refractivity (Wildman–Crippen MR) is 77.7 cm³/mol. The molecule has 5 nitrogen and oxygen atoms in total. The summed E-state index contributed by atoms with van der Waals surface area (Å²) in [6.45, 7) is 4.19. The number of aromatic nitrogens is 2. The predicted octanol–water partition coefficient (Wildman–Crippen LogP) is 1.89. The van der Waals surface area contributed by atoms with Crippen molar-refractivity contribution in [3.63, 3.8) is 0 Å². The molecular weight excluding hydrogens is 252 g/mol. The van der Waals surface area contributed by atoms with Crippen molar-refractivity contribution in [1.29, 1.82) is 0 Å². The van der Waals surface area contributed by atoms with Crippen LogP contribution in [-0.2, 0) is 0 Å². The first-order valence-electron chi connectivity index (χ1n) is 7.63. The molecule has 110 valence electrons. The SMILES string of the molecule is CC(C)c1cc(C(=O)N(C)C2CC3CCC(C2)N3)n[nH]1. The Kier molecular flexibility index (Phi) is 3.54. The molecule has 1 aromatic heterocycles. The number of carbonyl (C=O) groups excluding carboxylic acids is 1. The average Bonchev–Trinajstić information content (AvgIpc) is 3.04. The van der Waals surface area contributed by atoms with Crippen LogP contribution in [0.5, 0.6) is 0 Å². The fourth-order valence-corrected chi connectivity index (χ4v) is 3.43. The molecule has 0 spiro atoms. The van der Waals surface area contributed by atoms with Crippen molar-refractivity contribution in [2.45, 2.75) is 63.6 Å². The monoisotopic (exact) mass is 276 g/mol. The highest BCUT2D eigenvalue weighted by Crippen LogP contribution is 2.29. The smallest absolute Gasteiger partial charge is 0.274 e. The first-order chi connectivity index (χ1) is 9.54. The number of rotatable bonds is 3. The van der Waals surface area contributed by atoms with E-state index in [9.17, 15) is 4.79 Å². The highest BCUT2D eigenvalue weighted by atomic mass is 16.2. The zero-order valence-corrected chi connectivity index (χ0v) is 12.5. The molecule has 2 fully saturated rings. The third-order valence-corrected chi connectivity index (χ3v) is 4.76. The summed E-state index contributed by atoms with van der Waals surface area (Å²) in [5, 5.41) is 10.8. The number of fused-ring (bicyclic) bond motifs is 2. The summed E-state index contributed by atoms with van der Waals surface area (Å²) in [7, 11) is 1.92. The van der Waals surface area contributed by atoms with Crippen molar-refractivity contribution in [2.75, 3.05) is 7.05 Å². The van der Waals surface area contributed by atoms with E-state index in [0.717, 1.165) is 18.5 Å². The van der Waals surface area contributed by atoms with E-state index in [1.165, 1.54) is 12.8 Å². The first kappa shape index (κ1) is 13.6. The van der Waals surface area contributed by atoms with Crippen molar-refractivity contribution in [2.24, 2.45) is 0 Å². The first-order valence-corrected chi connectivity index (χ1v) is 7.63. The number of hydrogen-bond acceptors (Lipinski definition) is 3. The lowest BCUT2D eigenvalue weighted by atomic mass is 9.98. The Labute approximate surface area is 120 Å². The summed E-state index contributed by atoms with van der Waals surface area (Å²) in [5.41, 5.74) is 1.56. The Bertz CT molecular complexity index is 484. The van der Waals surface area contributed by atoms with Gasteiger partial charge in [0.25, 0.3) is 5.91 Å². The summed E-state index contributed by atoms with van der Waals surface area (Å²) in [6.07, 6.45) is 4.65. The third-order valence-electron chi connectivity index (χ3n) is 4.76. The number of nitrogens with one attached hydrogen (secondary N) is 2. The maximum Gasteiger partial charge on any atom is 0.274 e. The molecule has 3 rings (SSSR count). The van der Waals surface area contributed by atoms with Crippen LogP contribution in [-0.4, -0.2) is 46.2 Å². The number of hydrogen-bond donors (Lipinski definition) is 2. The van der Waals surface area contributed by atoms with Crippen LogP contribution in [0.1, 0.15) is 61.6 Å². The molecule has 2 aliphatic rings. The Balaban J connectivity index is 1.69. The van der Waals surface area contributed by atoms with Gasteiger partial charge in [0.15, 0.2) is 0 Å². The van der Waals surface area contributed by atoms with Crippen LogP contribution in [0, 0.1) is 0 Å². The number of aromatic amines is 1. The molecule has 0 aliphatic carbocycles. The molecule has 2 unspecified atom stereocenters. The van der Waals surface area contributed by atoms with Gasteiger partial charge in [0.2, 0.25) is 0 Å². The van der Waals surface area contributed by atoms with Gasteiger partial charge >= 0.3 is 0 Å². The van der Waals surface area contributed by atoms with Crippen molar-refractivity contribution in [3.8, 4) is 0 Å². The third kappa shape index (κ3) is 2.46. The van der Waals surface area contributed by atoms with Crippen molar-refractivity contribution in [3.05, 3.63) is 17.5 Å². The molecule has 20 heavy (non-hydrogen) atoms. The Hall–Kier alpha value is -1.36. The van der Waals surface area contributed by atoms with Crippen LogP contribution in [0.25, 0.3) is 0 Å². The van der Waals surface area contributed by atoms with Gasteiger partial charge in [-0.3, -0.25) is 9.89 Å². The second kappa shape index (κ2) is 5.20. The lowest BCUT2D eigenvalue weighted by Crippen LogP contribution is -2.48. The fourth-order valence-electron chi connectivity index (χ4n) is 3.43. The Morgan fingerprint density at radius 2 is 2.00 bits per heavy atom. The molecule has 2 aliphatic heterocycles. The van der Waals surface area contributed by atoms with Crippen LogP contribution in [0.15, 0.2) is 6.07 Å². The molecule has 0 saturated carbocycles. The molecule has 2 N–H and O–H groups in total. The largest absolute Gasteiger partial charge is 0.337 e. The van der Waals surface area contributed by atoms with E-state index in [-0.39, 0.29) is 5.91 Å². The number of H-pyrrole nitrogens is 1. The van der Waals surface area contributed by atoms with Gasteiger partial charge < -0.3 is 10.2 Å². The van der Waals surface area contributed by atoms with Crippen molar-refractivity contribution in [1.82, 2.24) is 20.4 Å². The molecular formula is C15H24N4O. The molecule has 2 bridgehead atoms. The van der Waals surface area contributed by atoms with Gasteiger partial charge in [0.05, 0.1) is 0 Å². The molecule has 0 aromatic carbocycles. The van der Waals surface area contributed by atoms with E-state index < -0.39 is 0 Å². The molecule has 0 radical (unpaired) electrons. The minimum absolute atomic E-state index is 0.0412. The average molecular weight is 276 g/mol. The quantitative estimate of drug-likeness (QED) is 0.886. The Morgan fingerprint density at radius 1 is 1.35 bits per heavy atom. The van der Waals surface area contributed by atoms with Crippen LogP contribution in [0.3, 0.4) is 0 Å². The van der Waals surface area contributed by atoms with Gasteiger partial charge in [-0.25, -0.2) is 0 Å². The highest BCUT2D eigenvalue weighted by molar-refractivity contribution is 5.92. The minimum Gasteiger partial charge on any atom is -0.337 e. The summed E-state index contributed by atoms with van der Waals surface area (Å²) in [4.78, 5) is 14.4. The fraction of sp³-hybridized carbons (Fsp3) is 0.733. The van der Waals surface area contributed by atoms with Gasteiger partial charge in [-0.1, -0.05) is 13.8 Å². The summed E-state index contributed by atoms with van der Waals surface area (Å²) >= 11 is 0. The highest BCUT2D eigenvalue weighted by Gasteiger charge is 2.36. The zero-order valence-electron chi connectivity index (χ0n) is 12.5. The van der Waals surface area contributed by atoms with Crippen molar-refractivity contribution >= 4 is 5.91 Å². The van der Waals surface area contributed by atoms with Gasteiger partial charge in [0, 0.05) is 30.9 Å². The van der Waals surface area contributed by atoms with E-state index >= 15 is 0 Å². The zero-order chi connectivity index (χ0) is 14.3. The number of carbonyl (C=O) groups is 1. The minimum atomic E-state index is 0.0412. The van der Waals surface area contributed by atoms with Crippen molar-refractivity contribution < 1.29 is 4.79 Å². The maximum atomic E-state index is 12.5. The van der Waals surface area contributed by atoms with Crippen LogP contribution in [0.2, 0.25) is 0 Å². The van der Waals surface area contributed by atoms with Gasteiger partial charge in [-0.05, 0) is 37.7 Å². The van der Waals surface area contributed by atoms with Crippen LogP contribution >= 0.6 is 0 Å². The van der Waals surface area contributed by atoms with E-state index in [0.29, 0.717) is 29.7 Å². The van der Waals surface area contributed by atoms with Gasteiger partial charge in [-0.2, -0.15) is 5.10 Å². The summed E-state index contributed by atoms with van der Waals surface area (Å²) in [5.74, 6) is 0.406. The second-order valence-corrected chi connectivity index (χ2v) is 6.54. The van der Waals surface area contributed by atoms with E-state index in [1.54, 1.807) is 0 Å². The van der Waals surface area contributed by atoms with E-state index in [4.69, 9.17) is 0 Å². The second-order valence-electron chi connectivity index (χ2n) is 6.54. The topological polar surface area (TPSA) is 61.0 Å². The van der Waals surface area contributed by atoms with Crippen LogP contribution in [0.4, 0.5) is 0 Å². The van der Waals surface area contributed by atoms with Gasteiger partial charge in [-0.15, -0.1) is 0 Å². The molecule has 2 saturated heterocycles. The van der Waals surface area contributed by atoms with Gasteiger partial charge in [0.1, 0.15) is 5.69 Å². The maximum absolute atomic E-state index is 12.5. The number of amides is 1. The lowest BCUT2D eigenvalue weighted by Gasteiger charge is -2.35. The normalized spacial score (nSPS) is 28.9. The molecule has 3 heterocycles. The molecule has 2 atom stereocenters.